The van der Waals surface area contributed by atoms with Gasteiger partial charge in [0.25, 0.3) is 5.91 Å². The number of nitrogens with zero attached hydrogens (tertiary/aromatic N) is 2. The zero-order valence-electron chi connectivity index (χ0n) is 16.8. The molecule has 0 radical (unpaired) electrons. The summed E-state index contributed by atoms with van der Waals surface area (Å²) in [5.41, 5.74) is 1.51. The first kappa shape index (κ1) is 21.9. The fourth-order valence-electron chi connectivity index (χ4n) is 2.88. The van der Waals surface area contributed by atoms with E-state index in [-0.39, 0.29) is 22.2 Å². The van der Waals surface area contributed by atoms with Crippen molar-refractivity contribution in [2.75, 3.05) is 11.4 Å². The summed E-state index contributed by atoms with van der Waals surface area (Å²) in [7, 11) is 0. The number of halogens is 2. The van der Waals surface area contributed by atoms with E-state index in [1.165, 1.54) is 4.90 Å². The van der Waals surface area contributed by atoms with E-state index in [9.17, 15) is 9.59 Å². The van der Waals surface area contributed by atoms with Gasteiger partial charge in [0.15, 0.2) is 0 Å². The Labute approximate surface area is 184 Å². The van der Waals surface area contributed by atoms with Crippen LogP contribution < -0.4 is 4.90 Å². The first-order valence-corrected chi connectivity index (χ1v) is 9.99. The summed E-state index contributed by atoms with van der Waals surface area (Å²) in [6.45, 7) is 4.99. The zero-order valence-corrected chi connectivity index (χ0v) is 18.3. The molecule has 0 fully saturated rings. The number of hydrogen-bond donors (Lipinski definition) is 1. The third-order valence-electron chi connectivity index (χ3n) is 4.10. The fraction of sp³-hybridized carbons (Fsp3) is 0.227. The van der Waals surface area contributed by atoms with Crippen molar-refractivity contribution in [3.63, 3.8) is 0 Å². The van der Waals surface area contributed by atoms with E-state index in [1.807, 2.05) is 12.1 Å². The van der Waals surface area contributed by atoms with Gasteiger partial charge >= 0.3 is 5.97 Å². The maximum Gasteiger partial charge on any atom is 0.326 e. The Morgan fingerprint density at radius 2 is 1.73 bits per heavy atom. The van der Waals surface area contributed by atoms with Gasteiger partial charge in [0.05, 0.1) is 21.3 Å². The molecule has 0 spiro atoms. The first-order valence-electron chi connectivity index (χ1n) is 9.23. The maximum absolute atomic E-state index is 13.4. The van der Waals surface area contributed by atoms with Crippen molar-refractivity contribution >= 4 is 40.8 Å². The van der Waals surface area contributed by atoms with Crippen LogP contribution in [0.2, 0.25) is 10.0 Å². The van der Waals surface area contributed by atoms with Gasteiger partial charge in [0, 0.05) is 17.4 Å². The van der Waals surface area contributed by atoms with Crippen LogP contribution in [0, 0.1) is 0 Å². The monoisotopic (exact) mass is 445 g/mol. The topological polar surface area (TPSA) is 75.3 Å². The highest BCUT2D eigenvalue weighted by atomic mass is 35.5. The number of amides is 1. The quantitative estimate of drug-likeness (QED) is 0.535. The lowest BCUT2D eigenvalue weighted by molar-refractivity contribution is -0.152. The summed E-state index contributed by atoms with van der Waals surface area (Å²) in [5.74, 6) is -1.05. The van der Waals surface area contributed by atoms with E-state index < -0.39 is 17.5 Å². The molecule has 1 amide bonds. The maximum atomic E-state index is 13.4. The standard InChI is InChI=1S/C22H21Cl2N3O3/c1-22(2,3)30-19(28)13-27(21(29)20-16(23)8-5-9-17(20)24)15-7-4-6-14(12-15)18-10-11-25-26-18/h4-12H,13H2,1-3H3,(H,25,26). The molecule has 0 aliphatic rings. The van der Waals surface area contributed by atoms with E-state index in [2.05, 4.69) is 10.2 Å². The highest BCUT2D eigenvalue weighted by molar-refractivity contribution is 6.40. The predicted octanol–water partition coefficient (Wildman–Crippen LogP) is 5.37. The van der Waals surface area contributed by atoms with Gasteiger partial charge in [-0.2, -0.15) is 5.10 Å². The Morgan fingerprint density at radius 3 is 2.33 bits per heavy atom. The Hall–Kier alpha value is -2.83. The molecule has 1 heterocycles. The normalized spacial score (nSPS) is 11.2. The van der Waals surface area contributed by atoms with Crippen LogP contribution in [0.1, 0.15) is 31.1 Å². The Morgan fingerprint density at radius 1 is 1.07 bits per heavy atom. The molecule has 0 aliphatic heterocycles. The van der Waals surface area contributed by atoms with Crippen molar-refractivity contribution in [2.24, 2.45) is 0 Å². The molecule has 0 atom stereocenters. The van der Waals surface area contributed by atoms with Gasteiger partial charge in [0.2, 0.25) is 0 Å². The second-order valence-corrected chi connectivity index (χ2v) is 8.41. The molecule has 2 aromatic carbocycles. The highest BCUT2D eigenvalue weighted by Gasteiger charge is 2.27. The first-order chi connectivity index (χ1) is 14.2. The second-order valence-electron chi connectivity index (χ2n) is 7.60. The Bertz CT molecular complexity index is 1040. The van der Waals surface area contributed by atoms with Crippen LogP contribution in [0.5, 0.6) is 0 Å². The molecule has 0 bridgehead atoms. The number of H-pyrrole nitrogens is 1. The summed E-state index contributed by atoms with van der Waals surface area (Å²) in [4.78, 5) is 27.3. The van der Waals surface area contributed by atoms with E-state index >= 15 is 0 Å². The van der Waals surface area contributed by atoms with Gasteiger partial charge in [-0.15, -0.1) is 0 Å². The van der Waals surface area contributed by atoms with Crippen LogP contribution in [0.15, 0.2) is 54.7 Å². The minimum atomic E-state index is -0.689. The average molecular weight is 446 g/mol. The van der Waals surface area contributed by atoms with Crippen LogP contribution in [-0.4, -0.2) is 34.2 Å². The summed E-state index contributed by atoms with van der Waals surface area (Å²) < 4.78 is 5.42. The van der Waals surface area contributed by atoms with Crippen molar-refractivity contribution in [3.8, 4) is 11.3 Å². The van der Waals surface area contributed by atoms with Gasteiger partial charge < -0.3 is 4.74 Å². The molecule has 0 aliphatic carbocycles. The fourth-order valence-corrected chi connectivity index (χ4v) is 3.44. The van der Waals surface area contributed by atoms with Crippen LogP contribution >= 0.6 is 23.2 Å². The van der Waals surface area contributed by atoms with E-state index in [0.29, 0.717) is 5.69 Å². The molecular weight excluding hydrogens is 425 g/mol. The van der Waals surface area contributed by atoms with Crippen molar-refractivity contribution in [1.82, 2.24) is 10.2 Å². The van der Waals surface area contributed by atoms with Crippen molar-refractivity contribution in [3.05, 3.63) is 70.3 Å². The third-order valence-corrected chi connectivity index (χ3v) is 4.73. The number of nitrogens with one attached hydrogen (secondary N) is 1. The SMILES string of the molecule is CC(C)(C)OC(=O)CN(C(=O)c1c(Cl)cccc1Cl)c1cccc(-c2ccn[nH]2)c1. The van der Waals surface area contributed by atoms with Crippen LogP contribution in [0.3, 0.4) is 0 Å². The van der Waals surface area contributed by atoms with Gasteiger partial charge in [-0.3, -0.25) is 19.6 Å². The lowest BCUT2D eigenvalue weighted by atomic mass is 10.1. The zero-order chi connectivity index (χ0) is 21.9. The van der Waals surface area contributed by atoms with E-state index in [4.69, 9.17) is 27.9 Å². The Balaban J connectivity index is 2.03. The summed E-state index contributed by atoms with van der Waals surface area (Å²) in [6, 6.07) is 13.8. The number of esters is 1. The molecule has 8 heteroatoms. The number of hydrogen-bond acceptors (Lipinski definition) is 4. The number of carbonyl (C=O) groups is 2. The minimum absolute atomic E-state index is 0.122. The lowest BCUT2D eigenvalue weighted by Crippen LogP contribution is -2.39. The lowest BCUT2D eigenvalue weighted by Gasteiger charge is -2.26. The van der Waals surface area contributed by atoms with Gasteiger partial charge in [0.1, 0.15) is 12.1 Å². The van der Waals surface area contributed by atoms with E-state index in [1.54, 1.807) is 63.4 Å². The van der Waals surface area contributed by atoms with Crippen LogP contribution in [0.25, 0.3) is 11.3 Å². The average Bonchev–Trinajstić information content (AvgIpc) is 3.19. The highest BCUT2D eigenvalue weighted by Crippen LogP contribution is 2.30. The molecule has 3 aromatic rings. The summed E-state index contributed by atoms with van der Waals surface area (Å²) in [5, 5.41) is 7.24. The number of benzene rings is 2. The molecule has 1 N–H and O–H groups in total. The molecule has 3 rings (SSSR count). The molecule has 156 valence electrons. The molecule has 0 unspecified atom stereocenters. The largest absolute Gasteiger partial charge is 0.459 e. The number of rotatable bonds is 5. The van der Waals surface area contributed by atoms with E-state index in [0.717, 1.165) is 11.3 Å². The smallest absolute Gasteiger partial charge is 0.326 e. The predicted molar refractivity (Wildman–Crippen MR) is 118 cm³/mol. The molecule has 6 nitrogen and oxygen atoms in total. The molecule has 0 saturated heterocycles. The third kappa shape index (κ3) is 5.20. The van der Waals surface area contributed by atoms with Crippen LogP contribution in [0.4, 0.5) is 5.69 Å². The Kier molecular flexibility index (Phi) is 6.48. The van der Waals surface area contributed by atoms with Gasteiger partial charge in [-0.05, 0) is 51.1 Å². The van der Waals surface area contributed by atoms with Crippen molar-refractivity contribution < 1.29 is 14.3 Å². The number of ether oxygens (including phenoxy) is 1. The number of anilines is 1. The summed E-state index contributed by atoms with van der Waals surface area (Å²) >= 11 is 12.5. The van der Waals surface area contributed by atoms with Crippen molar-refractivity contribution in [2.45, 2.75) is 26.4 Å². The second kappa shape index (κ2) is 8.90. The molecule has 0 saturated carbocycles. The summed E-state index contributed by atoms with van der Waals surface area (Å²) in [6.07, 6.45) is 1.63. The molecular formula is C22H21Cl2N3O3. The molecule has 1 aromatic heterocycles. The number of aromatic nitrogens is 2. The van der Waals surface area contributed by atoms with Crippen molar-refractivity contribution in [1.29, 1.82) is 0 Å². The number of aromatic amines is 1. The van der Waals surface area contributed by atoms with Gasteiger partial charge in [-0.25, -0.2) is 0 Å². The van der Waals surface area contributed by atoms with Gasteiger partial charge in [-0.1, -0.05) is 41.4 Å². The minimum Gasteiger partial charge on any atom is -0.459 e. The van der Waals surface area contributed by atoms with Crippen LogP contribution in [-0.2, 0) is 9.53 Å². The molecule has 30 heavy (non-hydrogen) atoms. The number of carbonyl (C=O) groups excluding carboxylic acids is 2.